The minimum atomic E-state index is -0.204. The molecule has 4 heteroatoms. The standard InChI is InChI=1S/C15H17N3O/c1-3-8-13-14(16)15(19)18(17(13)11-4-2)12-9-6-5-7-10-12/h3-7,9-10H,1-2,8,11,16H2. The molecular weight excluding hydrogens is 238 g/mol. The number of nitrogens with two attached hydrogens (primary N) is 1. The van der Waals surface area contributed by atoms with Crippen molar-refractivity contribution in [2.24, 2.45) is 0 Å². The molecule has 0 saturated carbocycles. The number of nitrogens with zero attached hydrogens (tertiary/aromatic N) is 2. The van der Waals surface area contributed by atoms with E-state index in [1.54, 1.807) is 16.8 Å². The number of anilines is 1. The summed E-state index contributed by atoms with van der Waals surface area (Å²) in [5, 5.41) is 0. The second-order valence-corrected chi connectivity index (χ2v) is 4.18. The van der Waals surface area contributed by atoms with Gasteiger partial charge in [-0.1, -0.05) is 30.4 Å². The lowest BCUT2D eigenvalue weighted by Crippen LogP contribution is -2.22. The molecule has 1 aromatic heterocycles. The second-order valence-electron chi connectivity index (χ2n) is 4.18. The summed E-state index contributed by atoms with van der Waals surface area (Å²) in [5.74, 6) is 0. The molecule has 0 fully saturated rings. The lowest BCUT2D eigenvalue weighted by Gasteiger charge is -2.12. The number of hydrogen-bond acceptors (Lipinski definition) is 2. The molecule has 19 heavy (non-hydrogen) atoms. The van der Waals surface area contributed by atoms with E-state index in [-0.39, 0.29) is 11.2 Å². The normalized spacial score (nSPS) is 10.3. The van der Waals surface area contributed by atoms with Crippen LogP contribution in [0.1, 0.15) is 5.69 Å². The lowest BCUT2D eigenvalue weighted by molar-refractivity contribution is 0.582. The fourth-order valence-corrected chi connectivity index (χ4v) is 2.10. The van der Waals surface area contributed by atoms with Gasteiger partial charge in [0.25, 0.3) is 5.56 Å². The van der Waals surface area contributed by atoms with Gasteiger partial charge in [0.05, 0.1) is 17.9 Å². The molecule has 0 amide bonds. The third kappa shape index (κ3) is 2.25. The molecule has 0 saturated heterocycles. The predicted molar refractivity (Wildman–Crippen MR) is 78.5 cm³/mol. The van der Waals surface area contributed by atoms with E-state index >= 15 is 0 Å². The van der Waals surface area contributed by atoms with Crippen molar-refractivity contribution in [3.63, 3.8) is 0 Å². The van der Waals surface area contributed by atoms with E-state index in [1.807, 2.05) is 35.0 Å². The molecule has 0 unspecified atom stereocenters. The van der Waals surface area contributed by atoms with E-state index in [9.17, 15) is 4.79 Å². The molecule has 0 spiro atoms. The van der Waals surface area contributed by atoms with Crippen LogP contribution in [0.5, 0.6) is 0 Å². The third-order valence-electron chi connectivity index (χ3n) is 2.93. The molecule has 0 radical (unpaired) electrons. The molecule has 0 aliphatic rings. The van der Waals surface area contributed by atoms with Crippen molar-refractivity contribution in [1.29, 1.82) is 0 Å². The average molecular weight is 255 g/mol. The molecule has 0 aliphatic carbocycles. The average Bonchev–Trinajstić information content (AvgIpc) is 2.66. The first kappa shape index (κ1) is 13.0. The van der Waals surface area contributed by atoms with E-state index in [0.29, 0.717) is 13.0 Å². The first-order valence-electron chi connectivity index (χ1n) is 6.08. The summed E-state index contributed by atoms with van der Waals surface area (Å²) in [6.07, 6.45) is 4.03. The summed E-state index contributed by atoms with van der Waals surface area (Å²) in [4.78, 5) is 12.3. The Morgan fingerprint density at radius 3 is 2.42 bits per heavy atom. The highest BCUT2D eigenvalue weighted by molar-refractivity contribution is 5.46. The first-order chi connectivity index (χ1) is 9.20. The maximum Gasteiger partial charge on any atom is 0.294 e. The summed E-state index contributed by atoms with van der Waals surface area (Å²) in [6, 6.07) is 9.42. The van der Waals surface area contributed by atoms with Gasteiger partial charge in [-0.15, -0.1) is 13.2 Å². The van der Waals surface area contributed by atoms with E-state index < -0.39 is 0 Å². The fraction of sp³-hybridized carbons (Fsp3) is 0.133. The highest BCUT2D eigenvalue weighted by Gasteiger charge is 2.16. The molecule has 4 nitrogen and oxygen atoms in total. The summed E-state index contributed by atoms with van der Waals surface area (Å²) < 4.78 is 3.41. The van der Waals surface area contributed by atoms with Crippen LogP contribution in [0.3, 0.4) is 0 Å². The Labute approximate surface area is 112 Å². The zero-order valence-electron chi connectivity index (χ0n) is 10.7. The summed E-state index contributed by atoms with van der Waals surface area (Å²) in [6.45, 7) is 7.95. The Morgan fingerprint density at radius 2 is 1.84 bits per heavy atom. The summed E-state index contributed by atoms with van der Waals surface area (Å²) in [7, 11) is 0. The van der Waals surface area contributed by atoms with Crippen molar-refractivity contribution in [2.75, 3.05) is 5.73 Å². The molecule has 0 aliphatic heterocycles. The van der Waals surface area contributed by atoms with Crippen molar-refractivity contribution >= 4 is 5.69 Å². The lowest BCUT2D eigenvalue weighted by atomic mass is 10.2. The maximum atomic E-state index is 12.3. The summed E-state index contributed by atoms with van der Waals surface area (Å²) in [5.41, 5.74) is 7.54. The van der Waals surface area contributed by atoms with Gasteiger partial charge in [0.1, 0.15) is 5.69 Å². The SMILES string of the molecule is C=CCc1c(N)c(=O)n(-c2ccccc2)n1CC=C. The van der Waals surface area contributed by atoms with Crippen molar-refractivity contribution in [3.05, 3.63) is 71.7 Å². The van der Waals surface area contributed by atoms with Crippen LogP contribution in [-0.4, -0.2) is 9.36 Å². The van der Waals surface area contributed by atoms with Crippen molar-refractivity contribution in [3.8, 4) is 5.69 Å². The zero-order valence-corrected chi connectivity index (χ0v) is 10.7. The Morgan fingerprint density at radius 1 is 1.16 bits per heavy atom. The predicted octanol–water partition coefficient (Wildman–Crippen LogP) is 2.14. The highest BCUT2D eigenvalue weighted by Crippen LogP contribution is 2.14. The smallest absolute Gasteiger partial charge is 0.294 e. The van der Waals surface area contributed by atoms with Crippen LogP contribution in [0.2, 0.25) is 0 Å². The van der Waals surface area contributed by atoms with Gasteiger partial charge >= 0.3 is 0 Å². The Hall–Kier alpha value is -2.49. The number of aromatic nitrogens is 2. The van der Waals surface area contributed by atoms with Crippen LogP contribution in [0.4, 0.5) is 5.69 Å². The zero-order chi connectivity index (χ0) is 13.8. The number of benzene rings is 1. The van der Waals surface area contributed by atoms with Crippen LogP contribution in [0, 0.1) is 0 Å². The van der Waals surface area contributed by atoms with Gasteiger partial charge in [-0.3, -0.25) is 9.48 Å². The van der Waals surface area contributed by atoms with Gasteiger partial charge < -0.3 is 5.73 Å². The number of para-hydroxylation sites is 1. The molecule has 2 aromatic rings. The quantitative estimate of drug-likeness (QED) is 0.832. The third-order valence-corrected chi connectivity index (χ3v) is 2.93. The monoisotopic (exact) mass is 255 g/mol. The molecule has 2 rings (SSSR count). The number of hydrogen-bond donors (Lipinski definition) is 1. The first-order valence-corrected chi connectivity index (χ1v) is 6.08. The minimum absolute atomic E-state index is 0.204. The Kier molecular flexibility index (Phi) is 3.71. The van der Waals surface area contributed by atoms with Crippen LogP contribution < -0.4 is 11.3 Å². The Bertz CT molecular complexity index is 650. The van der Waals surface area contributed by atoms with Crippen molar-refractivity contribution in [2.45, 2.75) is 13.0 Å². The largest absolute Gasteiger partial charge is 0.393 e. The fourth-order valence-electron chi connectivity index (χ4n) is 2.10. The van der Waals surface area contributed by atoms with E-state index in [1.165, 1.54) is 0 Å². The topological polar surface area (TPSA) is 53.0 Å². The van der Waals surface area contributed by atoms with E-state index in [2.05, 4.69) is 13.2 Å². The van der Waals surface area contributed by atoms with Crippen molar-refractivity contribution in [1.82, 2.24) is 9.36 Å². The van der Waals surface area contributed by atoms with Crippen LogP contribution in [0.25, 0.3) is 5.69 Å². The van der Waals surface area contributed by atoms with Gasteiger partial charge in [0.15, 0.2) is 0 Å². The number of nitrogen functional groups attached to an aromatic ring is 1. The molecular formula is C15H17N3O. The van der Waals surface area contributed by atoms with Gasteiger partial charge in [0.2, 0.25) is 0 Å². The molecule has 0 bridgehead atoms. The van der Waals surface area contributed by atoms with Crippen LogP contribution in [-0.2, 0) is 13.0 Å². The maximum absolute atomic E-state index is 12.3. The molecule has 1 aromatic carbocycles. The molecule has 2 N–H and O–H groups in total. The summed E-state index contributed by atoms with van der Waals surface area (Å²) >= 11 is 0. The van der Waals surface area contributed by atoms with Gasteiger partial charge in [-0.05, 0) is 12.1 Å². The number of rotatable bonds is 5. The Balaban J connectivity index is 2.72. The van der Waals surface area contributed by atoms with Gasteiger partial charge in [-0.2, -0.15) is 0 Å². The van der Waals surface area contributed by atoms with Crippen LogP contribution >= 0.6 is 0 Å². The highest BCUT2D eigenvalue weighted by atomic mass is 16.1. The van der Waals surface area contributed by atoms with Gasteiger partial charge in [0, 0.05) is 6.42 Å². The van der Waals surface area contributed by atoms with E-state index in [4.69, 9.17) is 5.73 Å². The van der Waals surface area contributed by atoms with Crippen LogP contribution in [0.15, 0.2) is 60.4 Å². The van der Waals surface area contributed by atoms with E-state index in [0.717, 1.165) is 11.4 Å². The second kappa shape index (κ2) is 5.44. The molecule has 1 heterocycles. The molecule has 0 atom stereocenters. The number of allylic oxidation sites excluding steroid dienone is 2. The van der Waals surface area contributed by atoms with Gasteiger partial charge in [-0.25, -0.2) is 4.68 Å². The minimum Gasteiger partial charge on any atom is -0.393 e. The van der Waals surface area contributed by atoms with Crippen molar-refractivity contribution < 1.29 is 0 Å². The molecule has 98 valence electrons.